The number of carbonyl (C=O) groups excluding carboxylic acids is 4. The standard InChI is InChI=1S/C58H112O17P2/c1-7-10-12-14-15-18-22-30-36-42-57(62)74-53(46-68-55(60)40-34-26-13-11-8-2)48-72-76(64,65)70-44-52(59)45-71-77(66,67)73-49-54(47-69-56(61)41-35-29-25-24-28-33-39-51(6)9-3)75-58(63)43-37-31-23-20-17-16-19-21-27-32-38-50(4)5/h50-54,59H,7-49H2,1-6H3,(H,64,65)(H,66,67)/t51?,52-,53+,54+/m0/s1. The van der Waals surface area contributed by atoms with Crippen LogP contribution in [0.2, 0.25) is 0 Å². The maximum Gasteiger partial charge on any atom is 0.472 e. The molecule has 456 valence electrons. The van der Waals surface area contributed by atoms with Gasteiger partial charge in [0.2, 0.25) is 0 Å². The molecule has 0 saturated carbocycles. The summed E-state index contributed by atoms with van der Waals surface area (Å²) in [6.45, 7) is 9.29. The lowest BCUT2D eigenvalue weighted by Gasteiger charge is -2.21. The average molecular weight is 1140 g/mol. The van der Waals surface area contributed by atoms with Crippen LogP contribution in [0.4, 0.5) is 0 Å². The van der Waals surface area contributed by atoms with Crippen LogP contribution in [0.25, 0.3) is 0 Å². The zero-order valence-electron chi connectivity index (χ0n) is 49.2. The summed E-state index contributed by atoms with van der Waals surface area (Å²) in [7, 11) is -9.86. The molecular formula is C58H112O17P2. The van der Waals surface area contributed by atoms with E-state index in [-0.39, 0.29) is 25.7 Å². The molecule has 17 nitrogen and oxygen atoms in total. The van der Waals surface area contributed by atoms with E-state index in [0.29, 0.717) is 25.7 Å². The molecule has 0 rings (SSSR count). The quantitative estimate of drug-likeness (QED) is 0.0222. The maximum absolute atomic E-state index is 12.9. The fraction of sp³-hybridized carbons (Fsp3) is 0.931. The van der Waals surface area contributed by atoms with E-state index in [1.54, 1.807) is 0 Å². The third-order valence-electron chi connectivity index (χ3n) is 13.6. The van der Waals surface area contributed by atoms with Gasteiger partial charge in [-0.25, -0.2) is 9.13 Å². The SMILES string of the molecule is CCCCCCCCCCCC(=O)O[C@H](COC(=O)CCCCCCC)COP(=O)(O)OC[C@H](O)COP(=O)(O)OC[C@@H](COC(=O)CCCCCCCCC(C)CC)OC(=O)CCCCCCCCCCCCC(C)C. The van der Waals surface area contributed by atoms with Gasteiger partial charge in [-0.1, -0.05) is 228 Å². The monoisotopic (exact) mass is 1140 g/mol. The molecule has 0 bridgehead atoms. The van der Waals surface area contributed by atoms with Gasteiger partial charge in [0.15, 0.2) is 12.2 Å². The predicted octanol–water partition coefficient (Wildman–Crippen LogP) is 15.3. The summed E-state index contributed by atoms with van der Waals surface area (Å²) >= 11 is 0. The number of carbonyl (C=O) groups is 4. The van der Waals surface area contributed by atoms with Gasteiger partial charge in [-0.05, 0) is 37.5 Å². The van der Waals surface area contributed by atoms with Gasteiger partial charge in [0.1, 0.15) is 19.3 Å². The molecule has 19 heteroatoms. The number of esters is 4. The molecule has 0 spiro atoms. The lowest BCUT2D eigenvalue weighted by Crippen LogP contribution is -2.30. The molecule has 0 aliphatic carbocycles. The number of hydrogen-bond donors (Lipinski definition) is 3. The fourth-order valence-corrected chi connectivity index (χ4v) is 10.0. The Bertz CT molecular complexity index is 1530. The van der Waals surface area contributed by atoms with Crippen LogP contribution in [0, 0.1) is 11.8 Å². The summed E-state index contributed by atoms with van der Waals surface area (Å²) in [4.78, 5) is 71.6. The third kappa shape index (κ3) is 51.9. The van der Waals surface area contributed by atoms with Gasteiger partial charge in [0.05, 0.1) is 26.4 Å². The molecule has 0 aliphatic rings. The molecule has 0 fully saturated rings. The number of aliphatic hydroxyl groups is 1. The van der Waals surface area contributed by atoms with E-state index in [1.807, 2.05) is 0 Å². The van der Waals surface area contributed by atoms with Crippen molar-refractivity contribution >= 4 is 39.5 Å². The van der Waals surface area contributed by atoms with Crippen molar-refractivity contribution < 1.29 is 80.2 Å². The molecule has 3 unspecified atom stereocenters. The lowest BCUT2D eigenvalue weighted by atomic mass is 10.00. The number of rotatable bonds is 57. The summed E-state index contributed by atoms with van der Waals surface area (Å²) in [5.41, 5.74) is 0. The van der Waals surface area contributed by atoms with E-state index in [2.05, 4.69) is 41.5 Å². The number of unbranched alkanes of at least 4 members (excludes halogenated alkanes) is 26. The zero-order valence-corrected chi connectivity index (χ0v) is 51.0. The molecule has 6 atom stereocenters. The minimum absolute atomic E-state index is 0.104. The zero-order chi connectivity index (χ0) is 57.3. The van der Waals surface area contributed by atoms with Crippen molar-refractivity contribution in [1.82, 2.24) is 0 Å². The van der Waals surface area contributed by atoms with Crippen LogP contribution >= 0.6 is 15.6 Å². The van der Waals surface area contributed by atoms with Crippen molar-refractivity contribution in [2.45, 2.75) is 297 Å². The van der Waals surface area contributed by atoms with Crippen LogP contribution in [0.15, 0.2) is 0 Å². The molecule has 0 aromatic carbocycles. The van der Waals surface area contributed by atoms with Crippen molar-refractivity contribution in [2.24, 2.45) is 11.8 Å². The topological polar surface area (TPSA) is 237 Å². The predicted molar refractivity (Wildman–Crippen MR) is 303 cm³/mol. The molecule has 0 saturated heterocycles. The summed E-state index contributed by atoms with van der Waals surface area (Å²) in [6.07, 6.45) is 31.1. The first kappa shape index (κ1) is 75.1. The summed E-state index contributed by atoms with van der Waals surface area (Å²) in [5.74, 6) is -0.673. The van der Waals surface area contributed by atoms with Gasteiger partial charge in [0, 0.05) is 25.7 Å². The second-order valence-corrected chi connectivity index (χ2v) is 24.7. The second kappa shape index (κ2) is 51.0. The number of phosphoric ester groups is 2. The highest BCUT2D eigenvalue weighted by atomic mass is 31.2. The summed E-state index contributed by atoms with van der Waals surface area (Å²) in [5, 5.41) is 10.5. The smallest absolute Gasteiger partial charge is 0.462 e. The Morgan fingerprint density at radius 2 is 0.662 bits per heavy atom. The summed E-state index contributed by atoms with van der Waals surface area (Å²) in [6, 6.07) is 0. The highest BCUT2D eigenvalue weighted by Crippen LogP contribution is 2.45. The minimum Gasteiger partial charge on any atom is -0.462 e. The number of ether oxygens (including phenoxy) is 4. The van der Waals surface area contributed by atoms with Crippen molar-refractivity contribution in [2.75, 3.05) is 39.6 Å². The number of aliphatic hydroxyl groups excluding tert-OH is 1. The van der Waals surface area contributed by atoms with Crippen molar-refractivity contribution in [3.8, 4) is 0 Å². The van der Waals surface area contributed by atoms with E-state index in [0.717, 1.165) is 115 Å². The Morgan fingerprint density at radius 1 is 0.377 bits per heavy atom. The van der Waals surface area contributed by atoms with E-state index in [1.165, 1.54) is 83.5 Å². The fourth-order valence-electron chi connectivity index (χ4n) is 8.44. The normalized spacial score (nSPS) is 14.8. The number of phosphoric acid groups is 2. The Labute approximate surface area is 467 Å². The van der Waals surface area contributed by atoms with Crippen LogP contribution in [0.1, 0.15) is 279 Å². The molecule has 0 aliphatic heterocycles. The molecule has 0 radical (unpaired) electrons. The van der Waals surface area contributed by atoms with Crippen LogP contribution in [-0.2, 0) is 65.4 Å². The minimum atomic E-state index is -4.94. The summed E-state index contributed by atoms with van der Waals surface area (Å²) < 4.78 is 67.5. The average Bonchev–Trinajstić information content (AvgIpc) is 3.39. The van der Waals surface area contributed by atoms with Crippen molar-refractivity contribution in [3.05, 3.63) is 0 Å². The van der Waals surface area contributed by atoms with Gasteiger partial charge >= 0.3 is 39.5 Å². The molecule has 0 heterocycles. The molecule has 0 amide bonds. The van der Waals surface area contributed by atoms with Gasteiger partial charge in [0.25, 0.3) is 0 Å². The van der Waals surface area contributed by atoms with E-state index >= 15 is 0 Å². The highest BCUT2D eigenvalue weighted by molar-refractivity contribution is 7.47. The van der Waals surface area contributed by atoms with Crippen LogP contribution in [0.5, 0.6) is 0 Å². The molecular weight excluding hydrogens is 1030 g/mol. The van der Waals surface area contributed by atoms with E-state index < -0.39 is 97.5 Å². The Hall–Kier alpha value is -1.94. The van der Waals surface area contributed by atoms with E-state index in [4.69, 9.17) is 37.0 Å². The molecule has 3 N–H and O–H groups in total. The van der Waals surface area contributed by atoms with Crippen LogP contribution in [0.3, 0.4) is 0 Å². The molecule has 0 aromatic heterocycles. The molecule has 77 heavy (non-hydrogen) atoms. The first-order chi connectivity index (χ1) is 36.9. The van der Waals surface area contributed by atoms with Crippen molar-refractivity contribution in [3.63, 3.8) is 0 Å². The first-order valence-corrected chi connectivity index (χ1v) is 33.5. The van der Waals surface area contributed by atoms with Crippen LogP contribution in [-0.4, -0.2) is 96.7 Å². The Morgan fingerprint density at radius 3 is 0.987 bits per heavy atom. The number of hydrogen-bond acceptors (Lipinski definition) is 15. The third-order valence-corrected chi connectivity index (χ3v) is 15.5. The first-order valence-electron chi connectivity index (χ1n) is 30.5. The Kier molecular flexibility index (Phi) is 49.7. The molecule has 0 aromatic rings. The van der Waals surface area contributed by atoms with E-state index in [9.17, 15) is 43.2 Å². The van der Waals surface area contributed by atoms with Gasteiger partial charge in [-0.3, -0.25) is 37.3 Å². The van der Waals surface area contributed by atoms with Gasteiger partial charge in [-0.15, -0.1) is 0 Å². The van der Waals surface area contributed by atoms with Gasteiger partial charge < -0.3 is 33.8 Å². The van der Waals surface area contributed by atoms with Gasteiger partial charge in [-0.2, -0.15) is 0 Å². The highest BCUT2D eigenvalue weighted by Gasteiger charge is 2.30. The maximum atomic E-state index is 12.9. The largest absolute Gasteiger partial charge is 0.472 e. The van der Waals surface area contributed by atoms with Crippen LogP contribution < -0.4 is 0 Å². The van der Waals surface area contributed by atoms with Crippen molar-refractivity contribution in [1.29, 1.82) is 0 Å². The second-order valence-electron chi connectivity index (χ2n) is 21.7. The Balaban J connectivity index is 5.19. The lowest BCUT2D eigenvalue weighted by molar-refractivity contribution is -0.161.